The van der Waals surface area contributed by atoms with Gasteiger partial charge >= 0.3 is 0 Å². The molecule has 0 aliphatic rings. The molecule has 0 aliphatic carbocycles. The molecule has 11 heavy (non-hydrogen) atoms. The van der Waals surface area contributed by atoms with E-state index in [1.165, 1.54) is 0 Å². The smallest absolute Gasteiger partial charge is 0.221 e. The quantitative estimate of drug-likeness (QED) is 0.627. The predicted octanol–water partition coefficient (Wildman–Crippen LogP) is 1.28. The van der Waals surface area contributed by atoms with E-state index in [2.05, 4.69) is 5.32 Å². The highest BCUT2D eigenvalue weighted by atomic mass is 16.5. The summed E-state index contributed by atoms with van der Waals surface area (Å²) in [6.07, 6.45) is 0.482. The topological polar surface area (TPSA) is 38.3 Å². The number of rotatable bonds is 4. The number of nitrogens with one attached hydrogen (secondary N) is 1. The lowest BCUT2D eigenvalue weighted by atomic mass is 10.4. The Labute approximate surface area is 68.1 Å². The number of amides is 1. The lowest BCUT2D eigenvalue weighted by molar-refractivity contribution is -0.125. The van der Waals surface area contributed by atoms with Crippen LogP contribution in [0.3, 0.4) is 0 Å². The third-order valence-corrected chi connectivity index (χ3v) is 1.16. The molecular formula is C8H17NO2. The molecule has 0 heterocycles. The molecule has 0 bridgehead atoms. The third kappa shape index (κ3) is 5.85. The maximum Gasteiger partial charge on any atom is 0.221 e. The fourth-order valence-electron chi connectivity index (χ4n) is 0.771. The Balaban J connectivity index is 3.51. The zero-order valence-corrected chi connectivity index (χ0v) is 7.68. The highest BCUT2D eigenvalue weighted by molar-refractivity contribution is 5.75. The molecule has 0 aliphatic heterocycles. The molecule has 0 saturated carbocycles. The molecule has 3 heteroatoms. The summed E-state index contributed by atoms with van der Waals surface area (Å²) >= 11 is 0. The maximum atomic E-state index is 10.8. The molecule has 1 atom stereocenters. The molecule has 3 nitrogen and oxygen atoms in total. The molecule has 0 aromatic carbocycles. The van der Waals surface area contributed by atoms with Crippen LogP contribution in [0, 0.1) is 0 Å². The van der Waals surface area contributed by atoms with Crippen molar-refractivity contribution >= 4 is 5.91 Å². The first-order valence-corrected chi connectivity index (χ1v) is 4.01. The Hall–Kier alpha value is -0.570. The monoisotopic (exact) mass is 159 g/mol. The van der Waals surface area contributed by atoms with E-state index in [0.29, 0.717) is 6.42 Å². The molecular weight excluding hydrogens is 142 g/mol. The van der Waals surface area contributed by atoms with E-state index >= 15 is 0 Å². The van der Waals surface area contributed by atoms with Gasteiger partial charge < -0.3 is 10.1 Å². The van der Waals surface area contributed by atoms with Crippen LogP contribution < -0.4 is 5.32 Å². The van der Waals surface area contributed by atoms with Crippen molar-refractivity contribution < 1.29 is 9.53 Å². The van der Waals surface area contributed by atoms with E-state index in [-0.39, 0.29) is 18.2 Å². The average Bonchev–Trinajstić information content (AvgIpc) is 1.85. The minimum absolute atomic E-state index is 0.0261. The first-order chi connectivity index (χ1) is 5.06. The van der Waals surface area contributed by atoms with E-state index < -0.39 is 0 Å². The Bertz CT molecular complexity index is 123. The van der Waals surface area contributed by atoms with Gasteiger partial charge in [-0.25, -0.2) is 0 Å². The molecule has 0 saturated heterocycles. The summed E-state index contributed by atoms with van der Waals surface area (Å²) < 4.78 is 5.29. The molecule has 0 fully saturated rings. The Morgan fingerprint density at radius 1 is 1.45 bits per heavy atom. The van der Waals surface area contributed by atoms with Gasteiger partial charge in [-0.3, -0.25) is 4.79 Å². The summed E-state index contributed by atoms with van der Waals surface area (Å²) in [7, 11) is 0. The molecule has 0 aromatic heterocycles. The van der Waals surface area contributed by atoms with Crippen molar-refractivity contribution in [3.8, 4) is 0 Å². The summed E-state index contributed by atoms with van der Waals surface area (Å²) in [5.41, 5.74) is 0. The fraction of sp³-hybridized carbons (Fsp3) is 0.875. The molecule has 1 unspecified atom stereocenters. The summed E-state index contributed by atoms with van der Waals surface area (Å²) in [6.45, 7) is 7.52. The van der Waals surface area contributed by atoms with Gasteiger partial charge in [-0.1, -0.05) is 6.92 Å². The van der Waals surface area contributed by atoms with Gasteiger partial charge in [0.1, 0.15) is 6.23 Å². The number of carbonyl (C=O) groups excluding carboxylic acids is 1. The highest BCUT2D eigenvalue weighted by Gasteiger charge is 2.05. The lowest BCUT2D eigenvalue weighted by Gasteiger charge is -2.16. The standard InChI is InChI=1S/C8H17NO2/c1-5-8(10)9-7(4)11-6(2)3/h6-7H,5H2,1-4H3,(H,9,10). The van der Waals surface area contributed by atoms with Gasteiger partial charge in [0.25, 0.3) is 0 Å². The van der Waals surface area contributed by atoms with Gasteiger partial charge in [0.2, 0.25) is 5.91 Å². The maximum absolute atomic E-state index is 10.8. The van der Waals surface area contributed by atoms with Gasteiger partial charge in [-0.2, -0.15) is 0 Å². The number of carbonyl (C=O) groups is 1. The summed E-state index contributed by atoms with van der Waals surface area (Å²) in [4.78, 5) is 10.8. The van der Waals surface area contributed by atoms with Crippen LogP contribution in [0.4, 0.5) is 0 Å². The first-order valence-electron chi connectivity index (χ1n) is 4.01. The molecule has 1 amide bonds. The zero-order chi connectivity index (χ0) is 8.85. The third-order valence-electron chi connectivity index (χ3n) is 1.16. The van der Waals surface area contributed by atoms with Gasteiger partial charge in [0.05, 0.1) is 6.10 Å². The van der Waals surface area contributed by atoms with Gasteiger partial charge in [0.15, 0.2) is 0 Å². The number of hydrogen-bond donors (Lipinski definition) is 1. The van der Waals surface area contributed by atoms with Crippen LogP contribution in [0.2, 0.25) is 0 Å². The zero-order valence-electron chi connectivity index (χ0n) is 7.68. The minimum atomic E-state index is -0.178. The minimum Gasteiger partial charge on any atom is -0.356 e. The van der Waals surface area contributed by atoms with Crippen LogP contribution >= 0.6 is 0 Å². The lowest BCUT2D eigenvalue weighted by Crippen LogP contribution is -2.35. The predicted molar refractivity (Wildman–Crippen MR) is 44.1 cm³/mol. The normalized spacial score (nSPS) is 13.2. The number of hydrogen-bond acceptors (Lipinski definition) is 2. The van der Waals surface area contributed by atoms with Crippen LogP contribution in [0.5, 0.6) is 0 Å². The van der Waals surface area contributed by atoms with Crippen molar-refractivity contribution in [1.29, 1.82) is 0 Å². The Kier molecular flexibility index (Phi) is 4.86. The van der Waals surface area contributed by atoms with Crippen LogP contribution in [-0.2, 0) is 9.53 Å². The highest BCUT2D eigenvalue weighted by Crippen LogP contribution is 1.93. The van der Waals surface area contributed by atoms with Crippen molar-refractivity contribution in [2.24, 2.45) is 0 Å². The first kappa shape index (κ1) is 10.4. The second-order valence-electron chi connectivity index (χ2n) is 2.75. The Morgan fingerprint density at radius 2 is 2.00 bits per heavy atom. The Morgan fingerprint density at radius 3 is 2.36 bits per heavy atom. The molecule has 1 N–H and O–H groups in total. The molecule has 0 rings (SSSR count). The molecule has 0 radical (unpaired) electrons. The summed E-state index contributed by atoms with van der Waals surface area (Å²) in [5, 5.41) is 2.70. The van der Waals surface area contributed by atoms with E-state index in [1.54, 1.807) is 0 Å². The van der Waals surface area contributed by atoms with Crippen LogP contribution in [-0.4, -0.2) is 18.2 Å². The van der Waals surface area contributed by atoms with Crippen molar-refractivity contribution in [3.63, 3.8) is 0 Å². The largest absolute Gasteiger partial charge is 0.356 e. The van der Waals surface area contributed by atoms with Gasteiger partial charge in [-0.15, -0.1) is 0 Å². The summed E-state index contributed by atoms with van der Waals surface area (Å²) in [5.74, 6) is 0.0261. The molecule has 0 spiro atoms. The van der Waals surface area contributed by atoms with Gasteiger partial charge in [0, 0.05) is 6.42 Å². The van der Waals surface area contributed by atoms with E-state index in [4.69, 9.17) is 4.74 Å². The van der Waals surface area contributed by atoms with E-state index in [0.717, 1.165) is 0 Å². The molecule has 0 aromatic rings. The van der Waals surface area contributed by atoms with Crippen molar-refractivity contribution in [2.75, 3.05) is 0 Å². The van der Waals surface area contributed by atoms with Crippen molar-refractivity contribution in [3.05, 3.63) is 0 Å². The van der Waals surface area contributed by atoms with E-state index in [1.807, 2.05) is 27.7 Å². The van der Waals surface area contributed by atoms with Gasteiger partial charge in [-0.05, 0) is 20.8 Å². The molecule has 66 valence electrons. The SMILES string of the molecule is CCC(=O)NC(C)OC(C)C. The van der Waals surface area contributed by atoms with Crippen molar-refractivity contribution in [2.45, 2.75) is 46.4 Å². The number of ether oxygens (including phenoxy) is 1. The fourth-order valence-corrected chi connectivity index (χ4v) is 0.771. The average molecular weight is 159 g/mol. The summed E-state index contributed by atoms with van der Waals surface area (Å²) in [6, 6.07) is 0. The van der Waals surface area contributed by atoms with Crippen LogP contribution in [0.25, 0.3) is 0 Å². The van der Waals surface area contributed by atoms with E-state index in [9.17, 15) is 4.79 Å². The van der Waals surface area contributed by atoms with Crippen molar-refractivity contribution in [1.82, 2.24) is 5.32 Å². The van der Waals surface area contributed by atoms with Crippen LogP contribution in [0.15, 0.2) is 0 Å². The van der Waals surface area contributed by atoms with Crippen LogP contribution in [0.1, 0.15) is 34.1 Å². The second-order valence-corrected chi connectivity index (χ2v) is 2.75. The second kappa shape index (κ2) is 5.13.